The van der Waals surface area contributed by atoms with Crippen molar-refractivity contribution in [3.8, 4) is 0 Å². The van der Waals surface area contributed by atoms with Gasteiger partial charge in [-0.2, -0.15) is 0 Å². The molecule has 1 aliphatic heterocycles. The van der Waals surface area contributed by atoms with Crippen molar-refractivity contribution in [1.29, 1.82) is 0 Å². The van der Waals surface area contributed by atoms with E-state index in [9.17, 15) is 4.79 Å². The van der Waals surface area contributed by atoms with Gasteiger partial charge in [-0.25, -0.2) is 0 Å². The summed E-state index contributed by atoms with van der Waals surface area (Å²) < 4.78 is 0. The molecule has 1 fully saturated rings. The molecule has 5 heteroatoms. The van der Waals surface area contributed by atoms with Gasteiger partial charge in [-0.05, 0) is 42.4 Å². The Hall–Kier alpha value is -1.88. The smallest absolute Gasteiger partial charge is 0.276 e. The summed E-state index contributed by atoms with van der Waals surface area (Å²) in [5, 5.41) is 3.48. The molecule has 0 atom stereocenters. The summed E-state index contributed by atoms with van der Waals surface area (Å²) >= 11 is 5.18. The lowest BCUT2D eigenvalue weighted by Crippen LogP contribution is -2.31. The molecule has 1 heterocycles. The highest BCUT2D eigenvalue weighted by Gasteiger charge is 2.29. The molecule has 0 spiro atoms. The van der Waals surface area contributed by atoms with Crippen molar-refractivity contribution in [3.63, 3.8) is 0 Å². The molecule has 4 nitrogen and oxygen atoms in total. The van der Waals surface area contributed by atoms with Gasteiger partial charge in [0.15, 0.2) is 5.11 Å². The standard InChI is InChI=1S/C15H19N3OS/c1-4-9-18-14(19)13(16-15(18)20)10-11-5-7-12(8-6-11)17(2)3/h5-8,10H,4,9H2,1-3H3,(H,16,20)/b13-10-. The largest absolute Gasteiger partial charge is 0.378 e. The van der Waals surface area contributed by atoms with E-state index in [1.54, 1.807) is 4.90 Å². The maximum Gasteiger partial charge on any atom is 0.276 e. The van der Waals surface area contributed by atoms with Crippen molar-refractivity contribution < 1.29 is 4.79 Å². The Morgan fingerprint density at radius 3 is 2.50 bits per heavy atom. The summed E-state index contributed by atoms with van der Waals surface area (Å²) in [4.78, 5) is 15.8. The third-order valence-electron chi connectivity index (χ3n) is 3.13. The number of carbonyl (C=O) groups excluding carboxylic acids is 1. The van der Waals surface area contributed by atoms with Gasteiger partial charge in [-0.3, -0.25) is 9.69 Å². The van der Waals surface area contributed by atoms with Crippen LogP contribution in [0.2, 0.25) is 0 Å². The molecule has 2 rings (SSSR count). The van der Waals surface area contributed by atoms with Crippen LogP contribution in [-0.2, 0) is 4.79 Å². The van der Waals surface area contributed by atoms with E-state index >= 15 is 0 Å². The Kier molecular flexibility index (Phi) is 4.39. The van der Waals surface area contributed by atoms with E-state index in [-0.39, 0.29) is 5.91 Å². The van der Waals surface area contributed by atoms with Gasteiger partial charge in [0.1, 0.15) is 5.70 Å². The Morgan fingerprint density at radius 2 is 1.95 bits per heavy atom. The Morgan fingerprint density at radius 1 is 1.30 bits per heavy atom. The molecule has 0 aliphatic carbocycles. The molecular weight excluding hydrogens is 270 g/mol. The summed E-state index contributed by atoms with van der Waals surface area (Å²) in [6, 6.07) is 8.02. The highest BCUT2D eigenvalue weighted by atomic mass is 32.1. The van der Waals surface area contributed by atoms with Crippen LogP contribution in [0.1, 0.15) is 18.9 Å². The van der Waals surface area contributed by atoms with E-state index in [4.69, 9.17) is 12.2 Å². The number of thiocarbonyl (C=S) groups is 1. The van der Waals surface area contributed by atoms with Gasteiger partial charge < -0.3 is 10.2 Å². The van der Waals surface area contributed by atoms with Crippen LogP contribution in [0.25, 0.3) is 6.08 Å². The minimum absolute atomic E-state index is 0.0477. The number of nitrogens with zero attached hydrogens (tertiary/aromatic N) is 2. The summed E-state index contributed by atoms with van der Waals surface area (Å²) in [5.41, 5.74) is 2.65. The fourth-order valence-corrected chi connectivity index (χ4v) is 2.32. The van der Waals surface area contributed by atoms with Gasteiger partial charge in [0.2, 0.25) is 0 Å². The fraction of sp³-hybridized carbons (Fsp3) is 0.333. The van der Waals surface area contributed by atoms with Crippen LogP contribution in [0.4, 0.5) is 5.69 Å². The number of carbonyl (C=O) groups is 1. The van der Waals surface area contributed by atoms with E-state index in [2.05, 4.69) is 5.32 Å². The molecular formula is C15H19N3OS. The molecule has 0 bridgehead atoms. The van der Waals surface area contributed by atoms with Crippen molar-refractivity contribution in [2.24, 2.45) is 0 Å². The van der Waals surface area contributed by atoms with E-state index in [0.29, 0.717) is 17.4 Å². The van der Waals surface area contributed by atoms with Crippen molar-refractivity contribution in [2.75, 3.05) is 25.5 Å². The van der Waals surface area contributed by atoms with Crippen LogP contribution >= 0.6 is 12.2 Å². The van der Waals surface area contributed by atoms with Gasteiger partial charge in [-0.15, -0.1) is 0 Å². The Bertz CT molecular complexity index is 549. The minimum atomic E-state index is -0.0477. The molecule has 0 radical (unpaired) electrons. The van der Waals surface area contributed by atoms with Gasteiger partial charge >= 0.3 is 0 Å². The van der Waals surface area contributed by atoms with Gasteiger partial charge in [0.05, 0.1) is 0 Å². The number of rotatable bonds is 4. The van der Waals surface area contributed by atoms with E-state index < -0.39 is 0 Å². The molecule has 1 aliphatic rings. The molecule has 1 amide bonds. The molecule has 0 aromatic heterocycles. The molecule has 20 heavy (non-hydrogen) atoms. The van der Waals surface area contributed by atoms with Crippen LogP contribution < -0.4 is 10.2 Å². The molecule has 0 saturated carbocycles. The highest BCUT2D eigenvalue weighted by Crippen LogP contribution is 2.17. The molecule has 106 valence electrons. The van der Waals surface area contributed by atoms with E-state index in [1.165, 1.54) is 0 Å². The van der Waals surface area contributed by atoms with Crippen molar-refractivity contribution in [1.82, 2.24) is 10.2 Å². The lowest BCUT2D eigenvalue weighted by atomic mass is 10.1. The average molecular weight is 289 g/mol. The van der Waals surface area contributed by atoms with Gasteiger partial charge in [-0.1, -0.05) is 19.1 Å². The van der Waals surface area contributed by atoms with E-state index in [1.807, 2.05) is 56.3 Å². The number of hydrogen-bond donors (Lipinski definition) is 1. The Balaban J connectivity index is 2.19. The first-order valence-electron chi connectivity index (χ1n) is 6.65. The van der Waals surface area contributed by atoms with Crippen molar-refractivity contribution in [3.05, 3.63) is 35.5 Å². The topological polar surface area (TPSA) is 35.6 Å². The second-order valence-corrected chi connectivity index (χ2v) is 5.32. The average Bonchev–Trinajstić information content (AvgIpc) is 2.67. The quantitative estimate of drug-likeness (QED) is 0.681. The number of benzene rings is 1. The molecule has 1 aromatic carbocycles. The first-order valence-corrected chi connectivity index (χ1v) is 7.05. The monoisotopic (exact) mass is 289 g/mol. The van der Waals surface area contributed by atoms with Crippen molar-refractivity contribution >= 4 is 35.0 Å². The maximum atomic E-state index is 12.2. The number of amides is 1. The van der Waals surface area contributed by atoms with Gasteiger partial charge in [0, 0.05) is 26.3 Å². The predicted molar refractivity (Wildman–Crippen MR) is 86.5 cm³/mol. The molecule has 0 unspecified atom stereocenters. The normalized spacial score (nSPS) is 16.8. The van der Waals surface area contributed by atoms with Crippen molar-refractivity contribution in [2.45, 2.75) is 13.3 Å². The third kappa shape index (κ3) is 2.99. The zero-order valence-electron chi connectivity index (χ0n) is 12.0. The lowest BCUT2D eigenvalue weighted by molar-refractivity contribution is -0.122. The van der Waals surface area contributed by atoms with Crippen LogP contribution in [0.5, 0.6) is 0 Å². The zero-order valence-corrected chi connectivity index (χ0v) is 12.8. The predicted octanol–water partition coefficient (Wildman–Crippen LogP) is 2.22. The molecule has 1 saturated heterocycles. The second kappa shape index (κ2) is 6.05. The molecule has 1 aromatic rings. The lowest BCUT2D eigenvalue weighted by Gasteiger charge is -2.12. The van der Waals surface area contributed by atoms with Crippen LogP contribution in [0.3, 0.4) is 0 Å². The second-order valence-electron chi connectivity index (χ2n) is 4.93. The van der Waals surface area contributed by atoms with E-state index in [0.717, 1.165) is 17.7 Å². The maximum absolute atomic E-state index is 12.2. The number of nitrogens with one attached hydrogen (secondary N) is 1. The van der Waals surface area contributed by atoms with Gasteiger partial charge in [0.25, 0.3) is 5.91 Å². The first kappa shape index (κ1) is 14.5. The SMILES string of the molecule is CCCN1C(=O)/C(=C/c2ccc(N(C)C)cc2)NC1=S. The van der Waals surface area contributed by atoms with Crippen LogP contribution in [-0.4, -0.2) is 36.6 Å². The summed E-state index contributed by atoms with van der Waals surface area (Å²) in [7, 11) is 3.99. The molecule has 1 N–H and O–H groups in total. The zero-order chi connectivity index (χ0) is 14.7. The third-order valence-corrected chi connectivity index (χ3v) is 3.45. The number of anilines is 1. The summed E-state index contributed by atoms with van der Waals surface area (Å²) in [6.07, 6.45) is 2.72. The summed E-state index contributed by atoms with van der Waals surface area (Å²) in [6.45, 7) is 2.68. The van der Waals surface area contributed by atoms with Crippen LogP contribution in [0.15, 0.2) is 30.0 Å². The Labute approximate surface area is 125 Å². The first-order chi connectivity index (χ1) is 9.52. The number of hydrogen-bond acceptors (Lipinski definition) is 3. The highest BCUT2D eigenvalue weighted by molar-refractivity contribution is 7.80. The van der Waals surface area contributed by atoms with Crippen LogP contribution in [0, 0.1) is 0 Å². The minimum Gasteiger partial charge on any atom is -0.378 e. The summed E-state index contributed by atoms with van der Waals surface area (Å²) in [5.74, 6) is -0.0477. The fourth-order valence-electron chi connectivity index (χ4n) is 2.03.